The molecule has 18 heavy (non-hydrogen) atoms. The zero-order valence-corrected chi connectivity index (χ0v) is 10.8. The van der Waals surface area contributed by atoms with Gasteiger partial charge in [-0.25, -0.2) is 0 Å². The molecule has 2 N–H and O–H groups in total. The molecule has 2 unspecified atom stereocenters. The van der Waals surface area contributed by atoms with E-state index in [0.717, 1.165) is 13.0 Å². The van der Waals surface area contributed by atoms with Crippen molar-refractivity contribution in [3.05, 3.63) is 48.0 Å². The second kappa shape index (κ2) is 5.83. The van der Waals surface area contributed by atoms with Gasteiger partial charge in [-0.3, -0.25) is 4.79 Å². The molecule has 0 saturated heterocycles. The van der Waals surface area contributed by atoms with Crippen LogP contribution in [0.1, 0.15) is 18.9 Å². The van der Waals surface area contributed by atoms with Gasteiger partial charge in [0.05, 0.1) is 5.92 Å². The van der Waals surface area contributed by atoms with Gasteiger partial charge in [-0.2, -0.15) is 0 Å². The van der Waals surface area contributed by atoms with Crippen molar-refractivity contribution in [1.82, 2.24) is 4.90 Å². The van der Waals surface area contributed by atoms with Crippen LogP contribution in [0.25, 0.3) is 0 Å². The van der Waals surface area contributed by atoms with Crippen LogP contribution in [0.3, 0.4) is 0 Å². The van der Waals surface area contributed by atoms with Crippen LogP contribution in [0.15, 0.2) is 42.5 Å². The maximum Gasteiger partial charge on any atom is 0.229 e. The first-order valence-corrected chi connectivity index (χ1v) is 6.47. The lowest BCUT2D eigenvalue weighted by Crippen LogP contribution is -2.35. The summed E-state index contributed by atoms with van der Waals surface area (Å²) in [6.07, 6.45) is 4.61. The molecule has 1 amide bonds. The minimum absolute atomic E-state index is 0.0365. The predicted molar refractivity (Wildman–Crippen MR) is 72.8 cm³/mol. The fourth-order valence-electron chi connectivity index (χ4n) is 2.29. The number of carbonyl (C=O) groups excluding carboxylic acids is 1. The Hall–Kier alpha value is -1.61. The maximum atomic E-state index is 12.3. The van der Waals surface area contributed by atoms with Crippen molar-refractivity contribution in [2.45, 2.75) is 25.9 Å². The Labute approximate surface area is 108 Å². The number of rotatable bonds is 4. The highest BCUT2D eigenvalue weighted by atomic mass is 16.2. The predicted octanol–water partition coefficient (Wildman–Crippen LogP) is 1.94. The highest BCUT2D eigenvalue weighted by Gasteiger charge is 2.26. The molecule has 1 aromatic rings. The molecule has 3 heteroatoms. The molecule has 1 aliphatic rings. The summed E-state index contributed by atoms with van der Waals surface area (Å²) >= 11 is 0. The highest BCUT2D eigenvalue weighted by molar-refractivity contribution is 5.81. The zero-order valence-electron chi connectivity index (χ0n) is 10.8. The van der Waals surface area contributed by atoms with Crippen LogP contribution in [0.5, 0.6) is 0 Å². The van der Waals surface area contributed by atoms with Gasteiger partial charge >= 0.3 is 0 Å². The fourth-order valence-corrected chi connectivity index (χ4v) is 2.29. The molecule has 0 aromatic heterocycles. The summed E-state index contributed by atoms with van der Waals surface area (Å²) in [6.45, 7) is 3.42. The molecule has 0 saturated carbocycles. The first kappa shape index (κ1) is 12.8. The quantitative estimate of drug-likeness (QED) is 0.823. The van der Waals surface area contributed by atoms with Gasteiger partial charge in [0, 0.05) is 19.1 Å². The summed E-state index contributed by atoms with van der Waals surface area (Å²) in [4.78, 5) is 14.2. The van der Waals surface area contributed by atoms with Crippen molar-refractivity contribution in [3.8, 4) is 0 Å². The topological polar surface area (TPSA) is 46.3 Å². The smallest absolute Gasteiger partial charge is 0.229 e. The van der Waals surface area contributed by atoms with Crippen LogP contribution in [-0.4, -0.2) is 23.4 Å². The number of nitrogens with two attached hydrogens (primary N) is 1. The molecule has 3 nitrogen and oxygen atoms in total. The van der Waals surface area contributed by atoms with Gasteiger partial charge in [-0.1, -0.05) is 42.5 Å². The Morgan fingerprint density at radius 3 is 2.61 bits per heavy atom. The minimum Gasteiger partial charge on any atom is -0.338 e. The molecule has 0 spiro atoms. The second-order valence-electron chi connectivity index (χ2n) is 4.73. The Balaban J connectivity index is 2.01. The number of carbonyl (C=O) groups is 1. The van der Waals surface area contributed by atoms with E-state index in [1.807, 2.05) is 54.3 Å². The van der Waals surface area contributed by atoms with Crippen LogP contribution in [0.4, 0.5) is 0 Å². The van der Waals surface area contributed by atoms with Crippen molar-refractivity contribution in [2.24, 2.45) is 11.7 Å². The van der Waals surface area contributed by atoms with E-state index in [2.05, 4.69) is 0 Å². The summed E-state index contributed by atoms with van der Waals surface area (Å²) in [7, 11) is 0. The number of nitrogens with zero attached hydrogens (tertiary/aromatic N) is 1. The van der Waals surface area contributed by atoms with Gasteiger partial charge in [0.15, 0.2) is 0 Å². The molecule has 0 aliphatic heterocycles. The van der Waals surface area contributed by atoms with Crippen LogP contribution < -0.4 is 5.73 Å². The molecule has 0 fully saturated rings. The van der Waals surface area contributed by atoms with E-state index in [0.29, 0.717) is 6.54 Å². The number of benzene rings is 1. The monoisotopic (exact) mass is 244 g/mol. The van der Waals surface area contributed by atoms with Gasteiger partial charge in [0.25, 0.3) is 0 Å². The second-order valence-corrected chi connectivity index (χ2v) is 4.73. The summed E-state index contributed by atoms with van der Waals surface area (Å²) in [5.74, 6) is 0.147. The normalized spacial score (nSPS) is 22.1. The first-order valence-electron chi connectivity index (χ1n) is 6.47. The summed E-state index contributed by atoms with van der Waals surface area (Å²) in [6, 6.07) is 10.1. The lowest BCUT2D eigenvalue weighted by molar-refractivity contribution is -0.134. The molecule has 96 valence electrons. The minimum atomic E-state index is -0.0383. The van der Waals surface area contributed by atoms with Crippen molar-refractivity contribution < 1.29 is 4.79 Å². The molecule has 1 aliphatic carbocycles. The molecular weight excluding hydrogens is 224 g/mol. The van der Waals surface area contributed by atoms with Crippen molar-refractivity contribution in [1.29, 1.82) is 0 Å². The largest absolute Gasteiger partial charge is 0.338 e. The summed E-state index contributed by atoms with van der Waals surface area (Å²) in [5, 5.41) is 0. The van der Waals surface area contributed by atoms with E-state index >= 15 is 0 Å². The maximum absolute atomic E-state index is 12.3. The third-order valence-corrected chi connectivity index (χ3v) is 3.34. The van der Waals surface area contributed by atoms with Crippen LogP contribution in [0.2, 0.25) is 0 Å². The van der Waals surface area contributed by atoms with E-state index in [4.69, 9.17) is 5.73 Å². The van der Waals surface area contributed by atoms with Crippen LogP contribution in [0, 0.1) is 5.92 Å². The molecule has 2 rings (SSSR count). The summed E-state index contributed by atoms with van der Waals surface area (Å²) < 4.78 is 0. The van der Waals surface area contributed by atoms with Crippen molar-refractivity contribution in [2.75, 3.05) is 6.54 Å². The molecule has 2 atom stereocenters. The van der Waals surface area contributed by atoms with Gasteiger partial charge in [0.2, 0.25) is 5.91 Å². The van der Waals surface area contributed by atoms with Gasteiger partial charge in [-0.05, 0) is 18.9 Å². The molecule has 0 bridgehead atoms. The zero-order chi connectivity index (χ0) is 13.0. The molecule has 0 heterocycles. The van der Waals surface area contributed by atoms with Gasteiger partial charge in [0.1, 0.15) is 0 Å². The van der Waals surface area contributed by atoms with Crippen LogP contribution >= 0.6 is 0 Å². The van der Waals surface area contributed by atoms with Gasteiger partial charge in [-0.15, -0.1) is 0 Å². The van der Waals surface area contributed by atoms with E-state index in [1.165, 1.54) is 5.56 Å². The highest BCUT2D eigenvalue weighted by Crippen LogP contribution is 2.20. The van der Waals surface area contributed by atoms with Crippen LogP contribution in [-0.2, 0) is 11.3 Å². The first-order chi connectivity index (χ1) is 8.70. The standard InChI is InChI=1S/C15H20N2O/c1-2-17(11-12-6-4-3-5-7-12)15(18)13-8-9-14(16)10-13/h3-9,13-14H,2,10-11,16H2,1H3. The third-order valence-electron chi connectivity index (χ3n) is 3.34. The van der Waals surface area contributed by atoms with E-state index < -0.39 is 0 Å². The Kier molecular flexibility index (Phi) is 4.15. The fraction of sp³-hybridized carbons (Fsp3) is 0.400. The molecule has 1 aromatic carbocycles. The lowest BCUT2D eigenvalue weighted by atomic mass is 10.1. The van der Waals surface area contributed by atoms with E-state index in [1.54, 1.807) is 0 Å². The van der Waals surface area contributed by atoms with Crippen molar-refractivity contribution >= 4 is 5.91 Å². The SMILES string of the molecule is CCN(Cc1ccccc1)C(=O)C1C=CC(N)C1. The third kappa shape index (κ3) is 2.99. The van der Waals surface area contributed by atoms with E-state index in [-0.39, 0.29) is 17.9 Å². The van der Waals surface area contributed by atoms with Crippen molar-refractivity contribution in [3.63, 3.8) is 0 Å². The number of amides is 1. The van der Waals surface area contributed by atoms with Gasteiger partial charge < -0.3 is 10.6 Å². The molecule has 0 radical (unpaired) electrons. The average Bonchev–Trinajstić information content (AvgIpc) is 2.83. The molecular formula is C15H20N2O. The number of hydrogen-bond acceptors (Lipinski definition) is 2. The average molecular weight is 244 g/mol. The Morgan fingerprint density at radius 1 is 1.33 bits per heavy atom. The summed E-state index contributed by atoms with van der Waals surface area (Å²) in [5.41, 5.74) is 6.97. The number of hydrogen-bond donors (Lipinski definition) is 1. The van der Waals surface area contributed by atoms with E-state index in [9.17, 15) is 4.79 Å². The Morgan fingerprint density at radius 2 is 2.06 bits per heavy atom. The Bertz CT molecular complexity index is 427. The lowest BCUT2D eigenvalue weighted by Gasteiger charge is -2.24.